The minimum Gasteiger partial charge on any atom is -0.497 e. The number of ether oxygens (including phenoxy) is 2. The van der Waals surface area contributed by atoms with Gasteiger partial charge in [-0.15, -0.1) is 11.3 Å². The van der Waals surface area contributed by atoms with Crippen molar-refractivity contribution in [3.8, 4) is 17.6 Å². The topological polar surface area (TPSA) is 68.3 Å². The van der Waals surface area contributed by atoms with E-state index in [0.29, 0.717) is 10.6 Å². The van der Waals surface area contributed by atoms with E-state index in [-0.39, 0.29) is 0 Å². The average Bonchev–Trinajstić information content (AvgIpc) is 2.78. The lowest BCUT2D eigenvalue weighted by molar-refractivity contribution is 0.391. The highest BCUT2D eigenvalue weighted by Crippen LogP contribution is 2.32. The molecule has 21 heavy (non-hydrogen) atoms. The summed E-state index contributed by atoms with van der Waals surface area (Å²) in [4.78, 5) is 1.15. The molecule has 2 aromatic rings. The van der Waals surface area contributed by atoms with E-state index in [1.165, 1.54) is 11.3 Å². The number of nitrogens with two attached hydrogens (primary N) is 1. The molecule has 2 rings (SSSR count). The molecule has 0 aliphatic carbocycles. The van der Waals surface area contributed by atoms with Gasteiger partial charge < -0.3 is 15.2 Å². The summed E-state index contributed by atoms with van der Waals surface area (Å²) in [5.74, 6) is 1.59. The van der Waals surface area contributed by atoms with E-state index in [1.807, 2.05) is 25.1 Å². The lowest BCUT2D eigenvalue weighted by atomic mass is 10.0. The van der Waals surface area contributed by atoms with Gasteiger partial charge in [0.15, 0.2) is 0 Å². The summed E-state index contributed by atoms with van der Waals surface area (Å²) in [6.45, 7) is 1.95. The summed E-state index contributed by atoms with van der Waals surface area (Å²) < 4.78 is 10.6. The van der Waals surface area contributed by atoms with Crippen molar-refractivity contribution in [2.24, 2.45) is 0 Å². The molecule has 0 radical (unpaired) electrons. The summed E-state index contributed by atoms with van der Waals surface area (Å²) in [7, 11) is 3.29. The van der Waals surface area contributed by atoms with Crippen molar-refractivity contribution < 1.29 is 9.47 Å². The standard InChI is InChI=1S/C16H18N2O2S/c1-10-13(9-17)16(18)21-15(10)7-5-11-4-6-12(19-2)8-14(11)20-3/h4,6,8H,5,7,18H2,1-3H3. The van der Waals surface area contributed by atoms with Crippen molar-refractivity contribution in [2.75, 3.05) is 20.0 Å². The molecule has 0 unspecified atom stereocenters. The zero-order chi connectivity index (χ0) is 15.4. The fraction of sp³-hybridized carbons (Fsp3) is 0.312. The van der Waals surface area contributed by atoms with Crippen LogP contribution in [0, 0.1) is 18.3 Å². The van der Waals surface area contributed by atoms with Gasteiger partial charge in [0, 0.05) is 10.9 Å². The molecular weight excluding hydrogens is 284 g/mol. The van der Waals surface area contributed by atoms with E-state index in [0.717, 1.165) is 40.3 Å². The van der Waals surface area contributed by atoms with Crippen molar-refractivity contribution in [1.29, 1.82) is 5.26 Å². The first-order chi connectivity index (χ1) is 10.1. The highest BCUT2D eigenvalue weighted by Gasteiger charge is 2.13. The van der Waals surface area contributed by atoms with E-state index in [4.69, 9.17) is 20.5 Å². The Morgan fingerprint density at radius 1 is 1.24 bits per heavy atom. The Bertz CT molecular complexity index is 686. The van der Waals surface area contributed by atoms with Gasteiger partial charge >= 0.3 is 0 Å². The van der Waals surface area contributed by atoms with Crippen LogP contribution < -0.4 is 15.2 Å². The molecule has 0 amide bonds. The lowest BCUT2D eigenvalue weighted by Gasteiger charge is -2.10. The van der Waals surface area contributed by atoms with Crippen molar-refractivity contribution >= 4 is 16.3 Å². The minimum atomic E-state index is 0.603. The molecule has 0 saturated carbocycles. The maximum absolute atomic E-state index is 9.08. The molecule has 0 bridgehead atoms. The molecule has 1 heterocycles. The number of nitrogen functional groups attached to an aromatic ring is 1. The highest BCUT2D eigenvalue weighted by atomic mass is 32.1. The Balaban J connectivity index is 2.19. The average molecular weight is 302 g/mol. The summed E-state index contributed by atoms with van der Waals surface area (Å²) in [6.07, 6.45) is 1.67. The maximum atomic E-state index is 9.08. The third-order valence-corrected chi connectivity index (χ3v) is 4.68. The molecule has 1 aromatic heterocycles. The molecule has 4 nitrogen and oxygen atoms in total. The van der Waals surface area contributed by atoms with Crippen molar-refractivity contribution in [1.82, 2.24) is 0 Å². The molecule has 5 heteroatoms. The highest BCUT2D eigenvalue weighted by molar-refractivity contribution is 7.16. The molecule has 0 aliphatic rings. The van der Waals surface area contributed by atoms with Gasteiger partial charge in [0.05, 0.1) is 19.8 Å². The van der Waals surface area contributed by atoms with Crippen LogP contribution in [0.15, 0.2) is 18.2 Å². The fourth-order valence-corrected chi connectivity index (χ4v) is 3.29. The second-order valence-corrected chi connectivity index (χ2v) is 5.82. The summed E-state index contributed by atoms with van der Waals surface area (Å²) in [6, 6.07) is 7.98. The van der Waals surface area contributed by atoms with Crippen LogP contribution in [0.25, 0.3) is 0 Å². The fourth-order valence-electron chi connectivity index (χ4n) is 2.27. The first-order valence-corrected chi connectivity index (χ1v) is 7.41. The van der Waals surface area contributed by atoms with Crippen molar-refractivity contribution in [2.45, 2.75) is 19.8 Å². The van der Waals surface area contributed by atoms with E-state index in [2.05, 4.69) is 6.07 Å². The number of benzene rings is 1. The van der Waals surface area contributed by atoms with Gasteiger partial charge in [-0.3, -0.25) is 0 Å². The largest absolute Gasteiger partial charge is 0.497 e. The van der Waals surface area contributed by atoms with Crippen molar-refractivity contribution in [3.05, 3.63) is 39.8 Å². The Morgan fingerprint density at radius 3 is 2.57 bits per heavy atom. The summed E-state index contributed by atoms with van der Waals surface area (Å²) >= 11 is 1.50. The molecule has 110 valence electrons. The third-order valence-electron chi connectivity index (χ3n) is 3.50. The van der Waals surface area contributed by atoms with Crippen LogP contribution in [0.5, 0.6) is 11.5 Å². The Kier molecular flexibility index (Phi) is 4.71. The first kappa shape index (κ1) is 15.2. The van der Waals surface area contributed by atoms with Crippen LogP contribution in [-0.2, 0) is 12.8 Å². The van der Waals surface area contributed by atoms with Gasteiger partial charge in [-0.2, -0.15) is 5.26 Å². The predicted octanol–water partition coefficient (Wildman–Crippen LogP) is 3.31. The summed E-state index contributed by atoms with van der Waals surface area (Å²) in [5, 5.41) is 9.68. The molecule has 0 atom stereocenters. The van der Waals surface area contributed by atoms with Crippen LogP contribution in [0.2, 0.25) is 0 Å². The van der Waals surface area contributed by atoms with E-state index in [1.54, 1.807) is 14.2 Å². The predicted molar refractivity (Wildman–Crippen MR) is 85.1 cm³/mol. The number of hydrogen-bond donors (Lipinski definition) is 1. The van der Waals surface area contributed by atoms with Gasteiger partial charge in [0.2, 0.25) is 0 Å². The molecular formula is C16H18N2O2S. The molecule has 0 fully saturated rings. The van der Waals surface area contributed by atoms with Gasteiger partial charge in [0.25, 0.3) is 0 Å². The Morgan fingerprint density at radius 2 is 2.00 bits per heavy atom. The van der Waals surface area contributed by atoms with Crippen molar-refractivity contribution in [3.63, 3.8) is 0 Å². The van der Waals surface area contributed by atoms with Gasteiger partial charge in [0.1, 0.15) is 22.6 Å². The number of nitriles is 1. The molecule has 0 spiro atoms. The van der Waals surface area contributed by atoms with Crippen LogP contribution in [0.3, 0.4) is 0 Å². The Hall–Kier alpha value is -2.19. The maximum Gasteiger partial charge on any atom is 0.125 e. The second-order valence-electron chi connectivity index (χ2n) is 4.68. The van der Waals surface area contributed by atoms with Crippen LogP contribution in [0.4, 0.5) is 5.00 Å². The van der Waals surface area contributed by atoms with Gasteiger partial charge in [-0.1, -0.05) is 6.07 Å². The first-order valence-electron chi connectivity index (χ1n) is 6.59. The number of anilines is 1. The van der Waals surface area contributed by atoms with Gasteiger partial charge in [-0.25, -0.2) is 0 Å². The molecule has 2 N–H and O–H groups in total. The molecule has 1 aromatic carbocycles. The monoisotopic (exact) mass is 302 g/mol. The van der Waals surface area contributed by atoms with E-state index < -0.39 is 0 Å². The van der Waals surface area contributed by atoms with Crippen LogP contribution >= 0.6 is 11.3 Å². The quantitative estimate of drug-likeness (QED) is 0.920. The second kappa shape index (κ2) is 6.51. The number of thiophene rings is 1. The van der Waals surface area contributed by atoms with E-state index in [9.17, 15) is 0 Å². The lowest BCUT2D eigenvalue weighted by Crippen LogP contribution is -1.96. The number of methoxy groups -OCH3 is 2. The van der Waals surface area contributed by atoms with Crippen LogP contribution in [0.1, 0.15) is 21.6 Å². The number of hydrogen-bond acceptors (Lipinski definition) is 5. The van der Waals surface area contributed by atoms with Gasteiger partial charge in [-0.05, 0) is 37.0 Å². The SMILES string of the molecule is COc1ccc(CCc2sc(N)c(C#N)c2C)c(OC)c1. The molecule has 0 aliphatic heterocycles. The number of nitrogens with zero attached hydrogens (tertiary/aromatic N) is 1. The smallest absolute Gasteiger partial charge is 0.125 e. The van der Waals surface area contributed by atoms with E-state index >= 15 is 0 Å². The number of rotatable bonds is 5. The zero-order valence-corrected chi connectivity index (χ0v) is 13.2. The van der Waals surface area contributed by atoms with Crippen LogP contribution in [-0.4, -0.2) is 14.2 Å². The Labute approximate surface area is 128 Å². The molecule has 0 saturated heterocycles. The zero-order valence-electron chi connectivity index (χ0n) is 12.4. The summed E-state index contributed by atoms with van der Waals surface area (Å²) in [5.41, 5.74) is 8.59. The third kappa shape index (κ3) is 3.11. The minimum absolute atomic E-state index is 0.603. The number of aryl methyl sites for hydroxylation is 2. The normalized spacial score (nSPS) is 10.2.